The SMILES string of the molecule is CCOc1ccc(NC(=O)c2cnccc2NN)cn1. The van der Waals surface area contributed by atoms with Gasteiger partial charge in [0.15, 0.2) is 0 Å². The summed E-state index contributed by atoms with van der Waals surface area (Å²) in [5.74, 6) is 5.54. The first kappa shape index (κ1) is 13.8. The second-order valence-electron chi connectivity index (χ2n) is 3.84. The summed E-state index contributed by atoms with van der Waals surface area (Å²) < 4.78 is 5.23. The van der Waals surface area contributed by atoms with E-state index in [1.54, 1.807) is 24.4 Å². The molecule has 2 aromatic heterocycles. The van der Waals surface area contributed by atoms with Crippen LogP contribution in [0.2, 0.25) is 0 Å². The van der Waals surface area contributed by atoms with Gasteiger partial charge in [0.05, 0.1) is 29.7 Å². The fourth-order valence-electron chi connectivity index (χ4n) is 1.59. The molecule has 0 aliphatic rings. The zero-order valence-electron chi connectivity index (χ0n) is 11.0. The first-order valence-corrected chi connectivity index (χ1v) is 6.05. The van der Waals surface area contributed by atoms with E-state index in [0.29, 0.717) is 29.4 Å². The van der Waals surface area contributed by atoms with E-state index >= 15 is 0 Å². The van der Waals surface area contributed by atoms with Gasteiger partial charge in [0.25, 0.3) is 5.91 Å². The maximum atomic E-state index is 12.1. The third-order valence-electron chi connectivity index (χ3n) is 2.51. The second-order valence-corrected chi connectivity index (χ2v) is 3.84. The lowest BCUT2D eigenvalue weighted by Crippen LogP contribution is -2.17. The van der Waals surface area contributed by atoms with Crippen molar-refractivity contribution in [2.75, 3.05) is 17.3 Å². The van der Waals surface area contributed by atoms with Crippen LogP contribution in [0.4, 0.5) is 11.4 Å². The smallest absolute Gasteiger partial charge is 0.259 e. The number of pyridine rings is 2. The van der Waals surface area contributed by atoms with Crippen LogP contribution in [0.3, 0.4) is 0 Å². The number of nitrogens with zero attached hydrogens (tertiary/aromatic N) is 2. The van der Waals surface area contributed by atoms with Crippen LogP contribution in [0.15, 0.2) is 36.8 Å². The lowest BCUT2D eigenvalue weighted by Gasteiger charge is -2.09. The largest absolute Gasteiger partial charge is 0.478 e. The number of amides is 1. The molecular formula is C13H15N5O2. The number of aromatic nitrogens is 2. The number of carbonyl (C=O) groups is 1. The van der Waals surface area contributed by atoms with Gasteiger partial charge in [-0.2, -0.15) is 0 Å². The third kappa shape index (κ3) is 3.21. The summed E-state index contributed by atoms with van der Waals surface area (Å²) in [4.78, 5) is 20.1. The molecule has 0 aliphatic carbocycles. The van der Waals surface area contributed by atoms with Gasteiger partial charge >= 0.3 is 0 Å². The Labute approximate surface area is 116 Å². The number of ether oxygens (including phenoxy) is 1. The number of rotatable bonds is 5. The Morgan fingerprint density at radius 3 is 2.85 bits per heavy atom. The highest BCUT2D eigenvalue weighted by Gasteiger charge is 2.11. The molecule has 0 aliphatic heterocycles. The molecule has 104 valence electrons. The van der Waals surface area contributed by atoms with E-state index in [1.807, 2.05) is 6.92 Å². The maximum absolute atomic E-state index is 12.1. The van der Waals surface area contributed by atoms with Crippen LogP contribution in [0.1, 0.15) is 17.3 Å². The number of nitrogens with two attached hydrogens (primary N) is 1. The molecule has 0 spiro atoms. The minimum Gasteiger partial charge on any atom is -0.478 e. The molecule has 0 fully saturated rings. The second kappa shape index (κ2) is 6.48. The first-order valence-electron chi connectivity index (χ1n) is 6.05. The molecule has 0 unspecified atom stereocenters. The topological polar surface area (TPSA) is 102 Å². The van der Waals surface area contributed by atoms with Crippen LogP contribution in [0.5, 0.6) is 5.88 Å². The summed E-state index contributed by atoms with van der Waals surface area (Å²) >= 11 is 0. The molecular weight excluding hydrogens is 258 g/mol. The Morgan fingerprint density at radius 2 is 2.20 bits per heavy atom. The van der Waals surface area contributed by atoms with Crippen LogP contribution in [-0.2, 0) is 0 Å². The highest BCUT2D eigenvalue weighted by molar-refractivity contribution is 6.07. The van der Waals surface area contributed by atoms with E-state index < -0.39 is 0 Å². The van der Waals surface area contributed by atoms with Crippen molar-refractivity contribution in [3.63, 3.8) is 0 Å². The average molecular weight is 273 g/mol. The summed E-state index contributed by atoms with van der Waals surface area (Å²) in [6.45, 7) is 2.42. The van der Waals surface area contributed by atoms with Crippen molar-refractivity contribution >= 4 is 17.3 Å². The summed E-state index contributed by atoms with van der Waals surface area (Å²) in [5.41, 5.74) is 3.86. The maximum Gasteiger partial charge on any atom is 0.259 e. The Kier molecular flexibility index (Phi) is 4.46. The quantitative estimate of drug-likeness (QED) is 0.562. The zero-order chi connectivity index (χ0) is 14.4. The Balaban J connectivity index is 2.11. The van der Waals surface area contributed by atoms with Gasteiger partial charge < -0.3 is 15.5 Å². The molecule has 20 heavy (non-hydrogen) atoms. The molecule has 2 rings (SSSR count). The number of nitrogens with one attached hydrogen (secondary N) is 2. The van der Waals surface area contributed by atoms with Gasteiger partial charge in [0.1, 0.15) is 0 Å². The summed E-state index contributed by atoms with van der Waals surface area (Å²) in [6.07, 6.45) is 4.51. The number of hydrogen-bond donors (Lipinski definition) is 3. The van der Waals surface area contributed by atoms with Gasteiger partial charge in [-0.3, -0.25) is 15.6 Å². The van der Waals surface area contributed by atoms with Crippen molar-refractivity contribution in [1.82, 2.24) is 9.97 Å². The fraction of sp³-hybridized carbons (Fsp3) is 0.154. The molecule has 0 bridgehead atoms. The minimum atomic E-state index is -0.322. The highest BCUT2D eigenvalue weighted by Crippen LogP contribution is 2.16. The van der Waals surface area contributed by atoms with Crippen molar-refractivity contribution in [2.24, 2.45) is 5.84 Å². The first-order chi connectivity index (χ1) is 9.74. The predicted molar refractivity (Wildman–Crippen MR) is 75.4 cm³/mol. The lowest BCUT2D eigenvalue weighted by molar-refractivity contribution is 0.102. The normalized spacial score (nSPS) is 9.90. The van der Waals surface area contributed by atoms with Crippen LogP contribution in [0.25, 0.3) is 0 Å². The van der Waals surface area contributed by atoms with Gasteiger partial charge in [-0.05, 0) is 19.1 Å². The molecule has 0 radical (unpaired) electrons. The van der Waals surface area contributed by atoms with Gasteiger partial charge in [-0.25, -0.2) is 4.98 Å². The minimum absolute atomic E-state index is 0.322. The van der Waals surface area contributed by atoms with E-state index in [0.717, 1.165) is 0 Å². The van der Waals surface area contributed by atoms with E-state index in [9.17, 15) is 4.79 Å². The molecule has 1 amide bonds. The Hall–Kier alpha value is -2.67. The van der Waals surface area contributed by atoms with E-state index in [4.69, 9.17) is 10.6 Å². The van der Waals surface area contributed by atoms with E-state index in [2.05, 4.69) is 20.7 Å². The number of hydrogen-bond acceptors (Lipinski definition) is 6. The lowest BCUT2D eigenvalue weighted by atomic mass is 10.2. The Morgan fingerprint density at radius 1 is 1.35 bits per heavy atom. The van der Waals surface area contributed by atoms with Gasteiger partial charge in [0, 0.05) is 18.5 Å². The van der Waals surface area contributed by atoms with Crippen LogP contribution in [-0.4, -0.2) is 22.5 Å². The van der Waals surface area contributed by atoms with Crippen LogP contribution < -0.4 is 21.3 Å². The number of anilines is 2. The van der Waals surface area contributed by atoms with E-state index in [-0.39, 0.29) is 5.91 Å². The van der Waals surface area contributed by atoms with Crippen molar-refractivity contribution in [1.29, 1.82) is 0 Å². The molecule has 7 heteroatoms. The molecule has 4 N–H and O–H groups in total. The monoisotopic (exact) mass is 273 g/mol. The van der Waals surface area contributed by atoms with Crippen molar-refractivity contribution in [3.8, 4) is 5.88 Å². The summed E-state index contributed by atoms with van der Waals surface area (Å²) in [7, 11) is 0. The average Bonchev–Trinajstić information content (AvgIpc) is 2.49. The summed E-state index contributed by atoms with van der Waals surface area (Å²) in [6, 6.07) is 5.01. The number of nitrogen functional groups attached to an aromatic ring is 1. The third-order valence-corrected chi connectivity index (χ3v) is 2.51. The molecule has 0 aromatic carbocycles. The fourth-order valence-corrected chi connectivity index (χ4v) is 1.59. The van der Waals surface area contributed by atoms with Crippen LogP contribution >= 0.6 is 0 Å². The summed E-state index contributed by atoms with van der Waals surface area (Å²) in [5, 5.41) is 2.71. The van der Waals surface area contributed by atoms with Gasteiger partial charge in [-0.15, -0.1) is 0 Å². The predicted octanol–water partition coefficient (Wildman–Crippen LogP) is 1.41. The standard InChI is InChI=1S/C13H15N5O2/c1-2-20-12-4-3-9(7-16-12)17-13(19)10-8-15-6-5-11(10)18-14/h3-8H,2,14H2,1H3,(H,15,18)(H,17,19). The Bertz CT molecular complexity index is 586. The molecule has 7 nitrogen and oxygen atoms in total. The van der Waals surface area contributed by atoms with Crippen LogP contribution in [0, 0.1) is 0 Å². The molecule has 0 saturated heterocycles. The van der Waals surface area contributed by atoms with Crippen molar-refractivity contribution in [3.05, 3.63) is 42.4 Å². The van der Waals surface area contributed by atoms with Crippen molar-refractivity contribution in [2.45, 2.75) is 6.92 Å². The molecule has 0 saturated carbocycles. The van der Waals surface area contributed by atoms with Crippen molar-refractivity contribution < 1.29 is 9.53 Å². The molecule has 0 atom stereocenters. The van der Waals surface area contributed by atoms with Gasteiger partial charge in [-0.1, -0.05) is 0 Å². The number of carbonyl (C=O) groups excluding carboxylic acids is 1. The zero-order valence-corrected chi connectivity index (χ0v) is 11.0. The molecule has 2 aromatic rings. The van der Waals surface area contributed by atoms with E-state index in [1.165, 1.54) is 12.4 Å². The highest BCUT2D eigenvalue weighted by atomic mass is 16.5. The molecule has 2 heterocycles. The number of hydrazine groups is 1. The van der Waals surface area contributed by atoms with Gasteiger partial charge in [0.2, 0.25) is 5.88 Å².